The number of carbonyl (C=O) groups excluding carboxylic acids is 1. The zero-order valence-corrected chi connectivity index (χ0v) is 13.0. The van der Waals surface area contributed by atoms with Crippen molar-refractivity contribution >= 4 is 16.8 Å². The van der Waals surface area contributed by atoms with Crippen molar-refractivity contribution in [2.24, 2.45) is 0 Å². The molecule has 4 rings (SSSR count). The molecule has 25 heavy (non-hydrogen) atoms. The lowest BCUT2D eigenvalue weighted by Gasteiger charge is -2.14. The van der Waals surface area contributed by atoms with Gasteiger partial charge in [0.1, 0.15) is 5.82 Å². The predicted octanol–water partition coefficient (Wildman–Crippen LogP) is 2.94. The van der Waals surface area contributed by atoms with Crippen LogP contribution in [-0.4, -0.2) is 15.6 Å². The monoisotopic (exact) mass is 341 g/mol. The first-order valence-electron chi connectivity index (χ1n) is 7.82. The molecule has 0 saturated heterocycles. The minimum absolute atomic E-state index is 0.0827. The van der Waals surface area contributed by atoms with Crippen molar-refractivity contribution in [3.05, 3.63) is 75.8 Å². The number of hydrogen-bond donors (Lipinski definition) is 1. The summed E-state index contributed by atoms with van der Waals surface area (Å²) in [6, 6.07) is 9.68. The zero-order chi connectivity index (χ0) is 17.6. The highest BCUT2D eigenvalue weighted by Crippen LogP contribution is 2.38. The van der Waals surface area contributed by atoms with Crippen molar-refractivity contribution in [1.29, 1.82) is 0 Å². The number of benzene rings is 2. The maximum absolute atomic E-state index is 13.3. The number of amides is 1. The molecule has 1 saturated carbocycles. The second kappa shape index (κ2) is 5.77. The van der Waals surface area contributed by atoms with Gasteiger partial charge in [0.2, 0.25) is 0 Å². The molecule has 2 aromatic carbocycles. The summed E-state index contributed by atoms with van der Waals surface area (Å²) in [7, 11) is 0. The van der Waals surface area contributed by atoms with Gasteiger partial charge in [0, 0.05) is 11.5 Å². The molecule has 0 bridgehead atoms. The molecule has 0 unspecified atom stereocenters. The molecule has 1 N–H and O–H groups in total. The minimum atomic E-state index is -1.13. The molecule has 3 aromatic rings. The Morgan fingerprint density at radius 1 is 1.12 bits per heavy atom. The van der Waals surface area contributed by atoms with E-state index in [9.17, 15) is 18.4 Å². The van der Waals surface area contributed by atoms with E-state index in [0.29, 0.717) is 16.7 Å². The molecule has 1 aliphatic carbocycles. The van der Waals surface area contributed by atoms with Crippen LogP contribution in [0.1, 0.15) is 34.9 Å². The van der Waals surface area contributed by atoms with Gasteiger partial charge >= 0.3 is 0 Å². The van der Waals surface area contributed by atoms with Crippen molar-refractivity contribution in [2.45, 2.75) is 18.8 Å². The van der Waals surface area contributed by atoms with Gasteiger partial charge in [0.25, 0.3) is 11.5 Å². The molecule has 0 aliphatic heterocycles. The highest BCUT2D eigenvalue weighted by Gasteiger charge is 2.30. The van der Waals surface area contributed by atoms with E-state index in [4.69, 9.17) is 0 Å². The van der Waals surface area contributed by atoms with Crippen molar-refractivity contribution in [1.82, 2.24) is 9.66 Å². The smallest absolute Gasteiger partial charge is 0.267 e. The second-order valence-electron chi connectivity index (χ2n) is 5.97. The van der Waals surface area contributed by atoms with Gasteiger partial charge in [0.05, 0.1) is 10.9 Å². The van der Waals surface area contributed by atoms with Crippen LogP contribution in [0.15, 0.2) is 47.3 Å². The lowest BCUT2D eigenvalue weighted by Crippen LogP contribution is -2.36. The van der Waals surface area contributed by atoms with Crippen LogP contribution < -0.4 is 11.0 Å². The highest BCUT2D eigenvalue weighted by molar-refractivity contribution is 6.00. The molecular formula is C18H13F2N3O2. The van der Waals surface area contributed by atoms with Crippen LogP contribution in [0, 0.1) is 11.6 Å². The Morgan fingerprint density at radius 3 is 2.60 bits per heavy atom. The highest BCUT2D eigenvalue weighted by atomic mass is 19.2. The topological polar surface area (TPSA) is 64.0 Å². The number of halogens is 2. The molecular weight excluding hydrogens is 328 g/mol. The van der Waals surface area contributed by atoms with E-state index in [2.05, 4.69) is 10.4 Å². The molecule has 1 heterocycles. The van der Waals surface area contributed by atoms with Crippen molar-refractivity contribution in [3.63, 3.8) is 0 Å². The number of nitrogens with one attached hydrogen (secondary N) is 1. The lowest BCUT2D eigenvalue weighted by atomic mass is 10.2. The third-order valence-corrected chi connectivity index (χ3v) is 4.14. The van der Waals surface area contributed by atoms with Crippen molar-refractivity contribution in [3.8, 4) is 0 Å². The molecule has 1 aromatic heterocycles. The Hall–Kier alpha value is -3.09. The zero-order valence-electron chi connectivity index (χ0n) is 13.0. The maximum atomic E-state index is 13.3. The number of hydrogen-bond acceptors (Lipinski definition) is 3. The number of fused-ring (bicyclic) bond motifs is 1. The van der Waals surface area contributed by atoms with E-state index in [0.717, 1.165) is 35.7 Å². The van der Waals surface area contributed by atoms with E-state index < -0.39 is 23.1 Å². The lowest BCUT2D eigenvalue weighted by molar-refractivity contribution is 0.101. The summed E-state index contributed by atoms with van der Waals surface area (Å²) in [5.74, 6) is -2.30. The Morgan fingerprint density at radius 2 is 1.88 bits per heavy atom. The van der Waals surface area contributed by atoms with Crippen molar-refractivity contribution in [2.75, 3.05) is 5.43 Å². The van der Waals surface area contributed by atoms with Gasteiger partial charge in [0.15, 0.2) is 11.6 Å². The third-order valence-electron chi connectivity index (χ3n) is 4.14. The van der Waals surface area contributed by atoms with Gasteiger partial charge in [-0.1, -0.05) is 12.1 Å². The van der Waals surface area contributed by atoms with Gasteiger partial charge in [-0.2, -0.15) is 0 Å². The predicted molar refractivity (Wildman–Crippen MR) is 88.0 cm³/mol. The summed E-state index contributed by atoms with van der Waals surface area (Å²) >= 11 is 0. The second-order valence-corrected chi connectivity index (χ2v) is 5.97. The van der Waals surface area contributed by atoms with Crippen LogP contribution >= 0.6 is 0 Å². The first-order valence-corrected chi connectivity index (χ1v) is 7.82. The van der Waals surface area contributed by atoms with Gasteiger partial charge in [-0.3, -0.25) is 15.0 Å². The molecule has 0 spiro atoms. The number of nitrogens with zero attached hydrogens (tertiary/aromatic N) is 2. The molecule has 5 nitrogen and oxygen atoms in total. The molecule has 126 valence electrons. The first kappa shape index (κ1) is 15.4. The standard InChI is InChI=1S/C18H13F2N3O2/c19-13-8-7-11(9-14(13)20)17(24)22-23-16(10-5-6-10)21-15-4-2-1-3-12(15)18(23)25/h1-4,7-10H,5-6H2,(H,22,24). The van der Waals surface area contributed by atoms with Crippen LogP contribution in [0.4, 0.5) is 8.78 Å². The van der Waals surface area contributed by atoms with E-state index in [1.165, 1.54) is 0 Å². The molecule has 7 heteroatoms. The SMILES string of the molecule is O=C(Nn1c(C2CC2)nc2ccccc2c1=O)c1ccc(F)c(F)c1. The average Bonchev–Trinajstić information content (AvgIpc) is 3.44. The summed E-state index contributed by atoms with van der Waals surface area (Å²) in [5, 5.41) is 0.373. The molecule has 1 amide bonds. The molecule has 1 fully saturated rings. The van der Waals surface area contributed by atoms with E-state index in [1.54, 1.807) is 24.3 Å². The quantitative estimate of drug-likeness (QED) is 0.797. The molecule has 1 aliphatic rings. The van der Waals surface area contributed by atoms with Crippen LogP contribution in [0.25, 0.3) is 10.9 Å². The Kier molecular flexibility index (Phi) is 3.56. The van der Waals surface area contributed by atoms with Crippen LogP contribution in [-0.2, 0) is 0 Å². The van der Waals surface area contributed by atoms with Crippen LogP contribution in [0.2, 0.25) is 0 Å². The van der Waals surface area contributed by atoms with Gasteiger partial charge in [-0.15, -0.1) is 0 Å². The summed E-state index contributed by atoms with van der Waals surface area (Å²) in [6.07, 6.45) is 1.76. The summed E-state index contributed by atoms with van der Waals surface area (Å²) in [5.41, 5.74) is 2.55. The van der Waals surface area contributed by atoms with Gasteiger partial charge < -0.3 is 0 Å². The Bertz CT molecular complexity index is 1060. The maximum Gasteiger partial charge on any atom is 0.280 e. The Balaban J connectivity index is 1.79. The van der Waals surface area contributed by atoms with Crippen molar-refractivity contribution < 1.29 is 13.6 Å². The average molecular weight is 341 g/mol. The Labute approximate surface area is 140 Å². The van der Waals surface area contributed by atoms with Gasteiger partial charge in [-0.25, -0.2) is 18.4 Å². The minimum Gasteiger partial charge on any atom is -0.267 e. The normalized spacial score (nSPS) is 13.8. The largest absolute Gasteiger partial charge is 0.280 e. The number of carbonyl (C=O) groups is 1. The molecule has 0 atom stereocenters. The number of para-hydroxylation sites is 1. The number of rotatable bonds is 3. The summed E-state index contributed by atoms with van der Waals surface area (Å²) < 4.78 is 27.5. The first-order chi connectivity index (χ1) is 12.0. The molecule has 0 radical (unpaired) electrons. The fourth-order valence-electron chi connectivity index (χ4n) is 2.68. The van der Waals surface area contributed by atoms with E-state index in [-0.39, 0.29) is 11.5 Å². The van der Waals surface area contributed by atoms with E-state index in [1.807, 2.05) is 0 Å². The van der Waals surface area contributed by atoms with Crippen LogP contribution in [0.5, 0.6) is 0 Å². The van der Waals surface area contributed by atoms with E-state index >= 15 is 0 Å². The van der Waals surface area contributed by atoms with Crippen LogP contribution in [0.3, 0.4) is 0 Å². The van der Waals surface area contributed by atoms with Gasteiger partial charge in [-0.05, 0) is 43.2 Å². The summed E-state index contributed by atoms with van der Waals surface area (Å²) in [4.78, 5) is 29.6. The fourth-order valence-corrected chi connectivity index (χ4v) is 2.68. The third kappa shape index (κ3) is 2.77. The number of aromatic nitrogens is 2. The fraction of sp³-hybridized carbons (Fsp3) is 0.167. The summed E-state index contributed by atoms with van der Waals surface area (Å²) in [6.45, 7) is 0.